The van der Waals surface area contributed by atoms with Gasteiger partial charge in [-0.3, -0.25) is 9.59 Å². The summed E-state index contributed by atoms with van der Waals surface area (Å²) in [5.74, 6) is -0.0333. The molecule has 2 heterocycles. The summed E-state index contributed by atoms with van der Waals surface area (Å²) in [4.78, 5) is 28.3. The van der Waals surface area contributed by atoms with Gasteiger partial charge in [-0.2, -0.15) is 0 Å². The predicted octanol–water partition coefficient (Wildman–Crippen LogP) is 2.61. The van der Waals surface area contributed by atoms with Crippen LogP contribution in [0.1, 0.15) is 18.1 Å². The van der Waals surface area contributed by atoms with Crippen molar-refractivity contribution < 1.29 is 14.3 Å². The van der Waals surface area contributed by atoms with Crippen LogP contribution in [-0.2, 0) is 27.2 Å². The van der Waals surface area contributed by atoms with Crippen molar-refractivity contribution in [1.29, 1.82) is 0 Å². The zero-order valence-corrected chi connectivity index (χ0v) is 16.1. The molecule has 1 saturated heterocycles. The number of benzene rings is 2. The Balaban J connectivity index is 1.38. The molecule has 0 radical (unpaired) electrons. The fourth-order valence-electron chi connectivity index (χ4n) is 3.82. The molecule has 2 amide bonds. The molecule has 1 fully saturated rings. The van der Waals surface area contributed by atoms with Gasteiger partial charge in [-0.25, -0.2) is 0 Å². The highest BCUT2D eigenvalue weighted by molar-refractivity contribution is 5.97. The van der Waals surface area contributed by atoms with Gasteiger partial charge in [0.1, 0.15) is 0 Å². The van der Waals surface area contributed by atoms with E-state index in [0.717, 1.165) is 60.9 Å². The average molecular weight is 379 g/mol. The van der Waals surface area contributed by atoms with Gasteiger partial charge in [-0.05, 0) is 41.8 Å². The molecule has 1 N–H and O–H groups in total. The highest BCUT2D eigenvalue weighted by atomic mass is 16.5. The monoisotopic (exact) mass is 379 g/mol. The van der Waals surface area contributed by atoms with Gasteiger partial charge in [0, 0.05) is 43.6 Å². The molecule has 6 nitrogen and oxygen atoms in total. The van der Waals surface area contributed by atoms with Crippen LogP contribution in [0.15, 0.2) is 42.5 Å². The number of carbonyl (C=O) groups is 2. The molecule has 0 saturated carbocycles. The van der Waals surface area contributed by atoms with Gasteiger partial charge in [0.05, 0.1) is 19.6 Å². The maximum absolute atomic E-state index is 12.5. The van der Waals surface area contributed by atoms with Gasteiger partial charge in [-0.1, -0.05) is 18.2 Å². The lowest BCUT2D eigenvalue weighted by atomic mass is 10.1. The maximum atomic E-state index is 12.5. The summed E-state index contributed by atoms with van der Waals surface area (Å²) in [6.45, 7) is 5.58. The zero-order chi connectivity index (χ0) is 19.5. The van der Waals surface area contributed by atoms with Crippen LogP contribution in [-0.4, -0.2) is 44.7 Å². The smallest absolute Gasteiger partial charge is 0.228 e. The second-order valence-electron chi connectivity index (χ2n) is 7.25. The van der Waals surface area contributed by atoms with Crippen LogP contribution < -0.4 is 15.1 Å². The van der Waals surface area contributed by atoms with E-state index in [2.05, 4.69) is 22.3 Å². The minimum Gasteiger partial charge on any atom is -0.378 e. The Bertz CT molecular complexity index is 873. The van der Waals surface area contributed by atoms with E-state index in [0.29, 0.717) is 13.0 Å². The number of hydrogen-bond donors (Lipinski definition) is 1. The average Bonchev–Trinajstić information content (AvgIpc) is 3.13. The van der Waals surface area contributed by atoms with Gasteiger partial charge >= 0.3 is 0 Å². The summed E-state index contributed by atoms with van der Waals surface area (Å²) in [5.41, 5.74) is 4.91. The molecule has 0 aliphatic carbocycles. The van der Waals surface area contributed by atoms with Crippen LogP contribution in [0.4, 0.5) is 17.1 Å². The predicted molar refractivity (Wildman–Crippen MR) is 110 cm³/mol. The zero-order valence-electron chi connectivity index (χ0n) is 16.1. The number of morpholine rings is 1. The van der Waals surface area contributed by atoms with Crippen molar-refractivity contribution in [3.05, 3.63) is 53.6 Å². The molecule has 2 aromatic carbocycles. The normalized spacial score (nSPS) is 16.0. The highest BCUT2D eigenvalue weighted by Crippen LogP contribution is 2.31. The lowest BCUT2D eigenvalue weighted by Gasteiger charge is -2.28. The summed E-state index contributed by atoms with van der Waals surface area (Å²) in [5, 5.41) is 2.95. The first-order valence-corrected chi connectivity index (χ1v) is 9.73. The molecule has 0 spiro atoms. The molecule has 146 valence electrons. The number of nitrogens with one attached hydrogen (secondary N) is 1. The lowest BCUT2D eigenvalue weighted by Crippen LogP contribution is -2.36. The Kier molecular flexibility index (Phi) is 5.30. The third-order valence-corrected chi connectivity index (χ3v) is 5.32. The van der Waals surface area contributed by atoms with Crippen LogP contribution in [0.3, 0.4) is 0 Å². The third-order valence-electron chi connectivity index (χ3n) is 5.32. The van der Waals surface area contributed by atoms with Gasteiger partial charge < -0.3 is 19.9 Å². The Morgan fingerprint density at radius 2 is 1.79 bits per heavy atom. The van der Waals surface area contributed by atoms with Crippen LogP contribution in [0, 0.1) is 0 Å². The quantitative estimate of drug-likeness (QED) is 0.887. The van der Waals surface area contributed by atoms with Gasteiger partial charge in [-0.15, -0.1) is 0 Å². The van der Waals surface area contributed by atoms with Gasteiger partial charge in [0.2, 0.25) is 11.8 Å². The molecule has 0 bridgehead atoms. The van der Waals surface area contributed by atoms with Crippen LogP contribution in [0.25, 0.3) is 0 Å². The highest BCUT2D eigenvalue weighted by Gasteiger charge is 2.22. The molecule has 0 atom stereocenters. The molecule has 6 heteroatoms. The Hall–Kier alpha value is -2.86. The van der Waals surface area contributed by atoms with E-state index in [9.17, 15) is 9.59 Å². The fraction of sp³-hybridized carbons (Fsp3) is 0.364. The molecule has 0 unspecified atom stereocenters. The molecular weight excluding hydrogens is 354 g/mol. The third kappa shape index (κ3) is 4.02. The summed E-state index contributed by atoms with van der Waals surface area (Å²) < 4.78 is 5.39. The lowest BCUT2D eigenvalue weighted by molar-refractivity contribution is -0.116. The molecule has 4 rings (SSSR count). The molecule has 2 aliphatic heterocycles. The van der Waals surface area contributed by atoms with Crippen molar-refractivity contribution in [3.8, 4) is 0 Å². The van der Waals surface area contributed by atoms with Crippen molar-refractivity contribution >= 4 is 28.9 Å². The number of hydrogen-bond acceptors (Lipinski definition) is 4. The number of carbonyl (C=O) groups excluding carboxylic acids is 2. The Labute approximate surface area is 165 Å². The maximum Gasteiger partial charge on any atom is 0.228 e. The van der Waals surface area contributed by atoms with Crippen molar-refractivity contribution in [1.82, 2.24) is 0 Å². The van der Waals surface area contributed by atoms with Gasteiger partial charge in [0.15, 0.2) is 0 Å². The first kappa shape index (κ1) is 18.5. The van der Waals surface area contributed by atoms with Gasteiger partial charge in [0.25, 0.3) is 0 Å². The molecule has 2 aliphatic rings. The second-order valence-corrected chi connectivity index (χ2v) is 7.25. The first-order chi connectivity index (χ1) is 13.6. The molecular formula is C22H25N3O3. The van der Waals surface area contributed by atoms with E-state index < -0.39 is 0 Å². The summed E-state index contributed by atoms with van der Waals surface area (Å²) in [7, 11) is 0. The molecule has 2 aromatic rings. The van der Waals surface area contributed by atoms with E-state index in [4.69, 9.17) is 4.74 Å². The second kappa shape index (κ2) is 8.02. The number of rotatable bonds is 4. The van der Waals surface area contributed by atoms with E-state index in [1.165, 1.54) is 0 Å². The largest absolute Gasteiger partial charge is 0.378 e. The summed E-state index contributed by atoms with van der Waals surface area (Å²) >= 11 is 0. The van der Waals surface area contributed by atoms with E-state index in [-0.39, 0.29) is 11.8 Å². The topological polar surface area (TPSA) is 61.9 Å². The SMILES string of the molecule is CC(=O)N1CCc2ccc(NC(=O)Cc3ccc(N4CCOCC4)cc3)cc21. The minimum atomic E-state index is -0.0635. The van der Waals surface area contributed by atoms with Crippen molar-refractivity contribution in [3.63, 3.8) is 0 Å². The van der Waals surface area contributed by atoms with Crippen LogP contribution in [0.5, 0.6) is 0 Å². The Morgan fingerprint density at radius 3 is 2.50 bits per heavy atom. The van der Waals surface area contributed by atoms with E-state index in [1.54, 1.807) is 11.8 Å². The minimum absolute atomic E-state index is 0.0302. The number of nitrogens with zero attached hydrogens (tertiary/aromatic N) is 2. The summed E-state index contributed by atoms with van der Waals surface area (Å²) in [6, 6.07) is 13.9. The first-order valence-electron chi connectivity index (χ1n) is 9.73. The number of fused-ring (bicyclic) bond motifs is 1. The molecule has 28 heavy (non-hydrogen) atoms. The summed E-state index contributed by atoms with van der Waals surface area (Å²) in [6.07, 6.45) is 1.18. The van der Waals surface area contributed by atoms with Crippen LogP contribution >= 0.6 is 0 Å². The van der Waals surface area contributed by atoms with Crippen molar-refractivity contribution in [2.75, 3.05) is 48.0 Å². The standard InChI is InChI=1S/C22H25N3O3/c1-16(26)25-9-8-18-4-5-19(15-21(18)25)23-22(27)14-17-2-6-20(7-3-17)24-10-12-28-13-11-24/h2-7,15H,8-14H2,1H3,(H,23,27). The number of anilines is 3. The van der Waals surface area contributed by atoms with Crippen LogP contribution in [0.2, 0.25) is 0 Å². The van der Waals surface area contributed by atoms with E-state index in [1.807, 2.05) is 30.3 Å². The fourth-order valence-corrected chi connectivity index (χ4v) is 3.82. The van der Waals surface area contributed by atoms with Crippen molar-refractivity contribution in [2.24, 2.45) is 0 Å². The number of amides is 2. The number of ether oxygens (including phenoxy) is 1. The van der Waals surface area contributed by atoms with Crippen molar-refractivity contribution in [2.45, 2.75) is 19.8 Å². The molecule has 0 aromatic heterocycles. The van der Waals surface area contributed by atoms with E-state index >= 15 is 0 Å². The Morgan fingerprint density at radius 1 is 1.04 bits per heavy atom.